The summed E-state index contributed by atoms with van der Waals surface area (Å²) in [7, 11) is 0. The SMILES string of the molecule is CC1(C)C(O)CC1NC(=O)c1cc(Cl)c(N)c(Cl)c1. The molecule has 2 rings (SSSR count). The monoisotopic (exact) mass is 302 g/mol. The molecule has 0 heterocycles. The molecular weight excluding hydrogens is 287 g/mol. The second kappa shape index (κ2) is 4.85. The van der Waals surface area contributed by atoms with Crippen LogP contribution in [0.3, 0.4) is 0 Å². The van der Waals surface area contributed by atoms with Crippen molar-refractivity contribution in [3.8, 4) is 0 Å². The molecule has 0 bridgehead atoms. The molecule has 4 nitrogen and oxygen atoms in total. The third-order valence-corrected chi connectivity index (χ3v) is 4.49. The summed E-state index contributed by atoms with van der Waals surface area (Å²) in [6.45, 7) is 3.82. The molecule has 1 aromatic rings. The summed E-state index contributed by atoms with van der Waals surface area (Å²) in [5, 5.41) is 13.0. The fraction of sp³-hybridized carbons (Fsp3) is 0.462. The van der Waals surface area contributed by atoms with Gasteiger partial charge in [0.25, 0.3) is 5.91 Å². The molecule has 6 heteroatoms. The summed E-state index contributed by atoms with van der Waals surface area (Å²) in [6, 6.07) is 2.91. The molecule has 0 saturated heterocycles. The summed E-state index contributed by atoms with van der Waals surface area (Å²) in [5.74, 6) is -0.270. The van der Waals surface area contributed by atoms with Gasteiger partial charge in [-0.15, -0.1) is 0 Å². The number of carbonyl (C=O) groups is 1. The largest absolute Gasteiger partial charge is 0.396 e. The van der Waals surface area contributed by atoms with Crippen LogP contribution in [0.25, 0.3) is 0 Å². The van der Waals surface area contributed by atoms with Gasteiger partial charge in [0.05, 0.1) is 21.8 Å². The third kappa shape index (κ3) is 2.53. The molecule has 2 unspecified atom stereocenters. The lowest BCUT2D eigenvalue weighted by Crippen LogP contribution is -2.61. The van der Waals surface area contributed by atoms with Crippen molar-refractivity contribution in [1.82, 2.24) is 5.32 Å². The van der Waals surface area contributed by atoms with Crippen molar-refractivity contribution in [2.75, 3.05) is 5.73 Å². The molecule has 1 saturated carbocycles. The van der Waals surface area contributed by atoms with Crippen LogP contribution in [0.4, 0.5) is 5.69 Å². The Morgan fingerprint density at radius 1 is 1.42 bits per heavy atom. The molecule has 1 aliphatic carbocycles. The molecule has 1 aromatic carbocycles. The van der Waals surface area contributed by atoms with Crippen LogP contribution in [-0.2, 0) is 0 Å². The first-order valence-corrected chi connectivity index (χ1v) is 6.72. The van der Waals surface area contributed by atoms with Crippen LogP contribution in [0.15, 0.2) is 12.1 Å². The third-order valence-electron chi connectivity index (χ3n) is 3.86. The smallest absolute Gasteiger partial charge is 0.251 e. The van der Waals surface area contributed by atoms with Crippen molar-refractivity contribution in [2.24, 2.45) is 5.41 Å². The number of amides is 1. The topological polar surface area (TPSA) is 75.3 Å². The van der Waals surface area contributed by atoms with E-state index in [-0.39, 0.29) is 33.1 Å². The van der Waals surface area contributed by atoms with E-state index in [4.69, 9.17) is 28.9 Å². The Morgan fingerprint density at radius 3 is 2.37 bits per heavy atom. The number of hydrogen-bond donors (Lipinski definition) is 3. The molecule has 1 fully saturated rings. The quantitative estimate of drug-likeness (QED) is 0.735. The Hall–Kier alpha value is -0.970. The minimum atomic E-state index is -0.392. The average Bonchev–Trinajstić information content (AvgIpc) is 2.34. The van der Waals surface area contributed by atoms with Gasteiger partial charge < -0.3 is 16.2 Å². The van der Waals surface area contributed by atoms with E-state index in [1.165, 1.54) is 12.1 Å². The maximum absolute atomic E-state index is 12.1. The highest BCUT2D eigenvalue weighted by Gasteiger charge is 2.47. The predicted molar refractivity (Wildman–Crippen MR) is 76.5 cm³/mol. The van der Waals surface area contributed by atoms with Gasteiger partial charge in [-0.25, -0.2) is 0 Å². The van der Waals surface area contributed by atoms with Gasteiger partial charge in [0, 0.05) is 17.0 Å². The van der Waals surface area contributed by atoms with Crippen LogP contribution in [0, 0.1) is 5.41 Å². The molecular formula is C13H16Cl2N2O2. The number of nitrogen functional groups attached to an aromatic ring is 1. The highest BCUT2D eigenvalue weighted by molar-refractivity contribution is 6.39. The van der Waals surface area contributed by atoms with Gasteiger partial charge in [0.1, 0.15) is 0 Å². The Morgan fingerprint density at radius 2 is 1.95 bits per heavy atom. The van der Waals surface area contributed by atoms with E-state index in [0.717, 1.165) is 0 Å². The number of aliphatic hydroxyl groups excluding tert-OH is 1. The number of benzene rings is 1. The lowest BCUT2D eigenvalue weighted by Gasteiger charge is -2.49. The zero-order valence-corrected chi connectivity index (χ0v) is 12.2. The number of nitrogens with two attached hydrogens (primary N) is 1. The maximum Gasteiger partial charge on any atom is 0.251 e. The summed E-state index contributed by atoms with van der Waals surface area (Å²) in [5.41, 5.74) is 5.93. The van der Waals surface area contributed by atoms with Gasteiger partial charge in [-0.05, 0) is 18.6 Å². The average molecular weight is 303 g/mol. The van der Waals surface area contributed by atoms with Gasteiger partial charge in [-0.1, -0.05) is 37.0 Å². The highest BCUT2D eigenvalue weighted by Crippen LogP contribution is 2.40. The highest BCUT2D eigenvalue weighted by atomic mass is 35.5. The number of nitrogens with one attached hydrogen (secondary N) is 1. The first kappa shape index (κ1) is 14.4. The number of rotatable bonds is 2. The van der Waals surface area contributed by atoms with E-state index < -0.39 is 6.10 Å². The standard InChI is InChI=1S/C13H16Cl2N2O2/c1-13(2)9(5-10(13)18)17-12(19)6-3-7(14)11(16)8(15)4-6/h3-4,9-10,18H,5,16H2,1-2H3,(H,17,19). The van der Waals surface area contributed by atoms with Crippen molar-refractivity contribution in [2.45, 2.75) is 32.4 Å². The Bertz CT molecular complexity index is 508. The molecule has 4 N–H and O–H groups in total. The van der Waals surface area contributed by atoms with E-state index in [9.17, 15) is 9.90 Å². The van der Waals surface area contributed by atoms with Crippen LogP contribution < -0.4 is 11.1 Å². The fourth-order valence-electron chi connectivity index (χ4n) is 2.10. The summed E-state index contributed by atoms with van der Waals surface area (Å²) in [6.07, 6.45) is 0.159. The number of carbonyl (C=O) groups excluding carboxylic acids is 1. The van der Waals surface area contributed by atoms with Crippen molar-refractivity contribution in [3.05, 3.63) is 27.7 Å². The minimum absolute atomic E-state index is 0.0647. The number of aliphatic hydroxyl groups is 1. The van der Waals surface area contributed by atoms with Gasteiger partial charge in [0.2, 0.25) is 0 Å². The van der Waals surface area contributed by atoms with Gasteiger partial charge in [-0.2, -0.15) is 0 Å². The van der Waals surface area contributed by atoms with Crippen molar-refractivity contribution >= 4 is 34.8 Å². The van der Waals surface area contributed by atoms with Gasteiger partial charge >= 0.3 is 0 Å². The molecule has 2 atom stereocenters. The fourth-order valence-corrected chi connectivity index (χ4v) is 2.59. The molecule has 19 heavy (non-hydrogen) atoms. The first-order valence-electron chi connectivity index (χ1n) is 5.97. The van der Waals surface area contributed by atoms with Crippen LogP contribution in [0.2, 0.25) is 10.0 Å². The number of halogens is 2. The molecule has 0 radical (unpaired) electrons. The molecule has 0 aliphatic heterocycles. The zero-order chi connectivity index (χ0) is 14.4. The summed E-state index contributed by atoms with van der Waals surface area (Å²) in [4.78, 5) is 12.1. The van der Waals surface area contributed by atoms with Crippen molar-refractivity contribution < 1.29 is 9.90 Å². The van der Waals surface area contributed by atoms with Crippen LogP contribution in [-0.4, -0.2) is 23.2 Å². The summed E-state index contributed by atoms with van der Waals surface area (Å²) >= 11 is 11.8. The molecule has 0 spiro atoms. The van der Waals surface area contributed by atoms with Crippen molar-refractivity contribution in [1.29, 1.82) is 0 Å². The van der Waals surface area contributed by atoms with Crippen LogP contribution >= 0.6 is 23.2 Å². The predicted octanol–water partition coefficient (Wildman–Crippen LogP) is 2.46. The molecule has 1 amide bonds. The summed E-state index contributed by atoms with van der Waals surface area (Å²) < 4.78 is 0. The second-order valence-corrected chi connectivity index (χ2v) is 6.27. The van der Waals surface area contributed by atoms with Crippen molar-refractivity contribution in [3.63, 3.8) is 0 Å². The minimum Gasteiger partial charge on any atom is -0.396 e. The van der Waals surface area contributed by atoms with Crippen LogP contribution in [0.5, 0.6) is 0 Å². The number of hydrogen-bond acceptors (Lipinski definition) is 3. The van der Waals surface area contributed by atoms with E-state index in [2.05, 4.69) is 5.32 Å². The van der Waals surface area contributed by atoms with E-state index >= 15 is 0 Å². The lowest BCUT2D eigenvalue weighted by atomic mass is 9.64. The Labute approximate surface area is 121 Å². The zero-order valence-electron chi connectivity index (χ0n) is 10.7. The second-order valence-electron chi connectivity index (χ2n) is 5.45. The molecule has 104 valence electrons. The first-order chi connectivity index (χ1) is 8.73. The molecule has 1 aliphatic rings. The maximum atomic E-state index is 12.1. The van der Waals surface area contributed by atoms with Crippen LogP contribution in [0.1, 0.15) is 30.6 Å². The Kier molecular flexibility index (Phi) is 3.69. The van der Waals surface area contributed by atoms with E-state index in [1.54, 1.807) is 0 Å². The Balaban J connectivity index is 2.14. The van der Waals surface area contributed by atoms with E-state index in [0.29, 0.717) is 12.0 Å². The normalized spacial score (nSPS) is 24.7. The molecule has 0 aromatic heterocycles. The lowest BCUT2D eigenvalue weighted by molar-refractivity contribution is -0.0689. The number of anilines is 1. The van der Waals surface area contributed by atoms with E-state index in [1.807, 2.05) is 13.8 Å². The van der Waals surface area contributed by atoms with Gasteiger partial charge in [-0.3, -0.25) is 4.79 Å². The van der Waals surface area contributed by atoms with Gasteiger partial charge in [0.15, 0.2) is 0 Å².